The second kappa shape index (κ2) is 10.0. The van der Waals surface area contributed by atoms with E-state index < -0.39 is 5.82 Å². The summed E-state index contributed by atoms with van der Waals surface area (Å²) in [6.07, 6.45) is 6.46. The van der Waals surface area contributed by atoms with Crippen molar-refractivity contribution in [2.75, 3.05) is 26.2 Å². The molecule has 31 heavy (non-hydrogen) atoms. The van der Waals surface area contributed by atoms with Crippen molar-refractivity contribution in [3.63, 3.8) is 0 Å². The van der Waals surface area contributed by atoms with Crippen LogP contribution in [0.2, 0.25) is 0 Å². The number of benzene rings is 2. The van der Waals surface area contributed by atoms with Crippen LogP contribution in [0.1, 0.15) is 42.5 Å². The molecule has 1 aliphatic heterocycles. The van der Waals surface area contributed by atoms with Crippen molar-refractivity contribution in [2.45, 2.75) is 38.1 Å². The van der Waals surface area contributed by atoms with Gasteiger partial charge < -0.3 is 4.90 Å². The first-order chi connectivity index (χ1) is 15.1. The van der Waals surface area contributed by atoms with Gasteiger partial charge in [0.1, 0.15) is 11.6 Å². The Labute approximate surface area is 181 Å². The summed E-state index contributed by atoms with van der Waals surface area (Å²) >= 11 is 0. The fourth-order valence-electron chi connectivity index (χ4n) is 4.34. The quantitative estimate of drug-likeness (QED) is 0.587. The smallest absolute Gasteiger partial charge is 0.257 e. The number of amides is 1. The van der Waals surface area contributed by atoms with Gasteiger partial charge >= 0.3 is 0 Å². The first kappa shape index (κ1) is 21.4. The van der Waals surface area contributed by atoms with E-state index in [0.717, 1.165) is 26.2 Å². The highest BCUT2D eigenvalue weighted by Crippen LogP contribution is 2.24. The third-order valence-corrected chi connectivity index (χ3v) is 6.10. The van der Waals surface area contributed by atoms with E-state index in [2.05, 4.69) is 20.1 Å². The second-order valence-corrected chi connectivity index (χ2v) is 8.19. The summed E-state index contributed by atoms with van der Waals surface area (Å²) in [7, 11) is 0. The van der Waals surface area contributed by atoms with Crippen LogP contribution in [0.3, 0.4) is 0 Å². The fourth-order valence-corrected chi connectivity index (χ4v) is 4.34. The minimum absolute atomic E-state index is 0.336. The molecule has 1 N–H and O–H groups in total. The molecule has 1 aliphatic carbocycles. The molecule has 1 amide bonds. The molecule has 0 bridgehead atoms. The molecule has 7 heteroatoms. The van der Waals surface area contributed by atoms with Crippen LogP contribution in [0.15, 0.2) is 53.5 Å². The first-order valence-corrected chi connectivity index (χ1v) is 11.0. The lowest BCUT2D eigenvalue weighted by Gasteiger charge is -2.41. The summed E-state index contributed by atoms with van der Waals surface area (Å²) in [5, 5.41) is 2.88. The number of carbonyl (C=O) groups is 1. The van der Waals surface area contributed by atoms with Gasteiger partial charge in [-0.05, 0) is 61.4 Å². The van der Waals surface area contributed by atoms with Gasteiger partial charge in [0.25, 0.3) is 5.91 Å². The average Bonchev–Trinajstić information content (AvgIpc) is 2.81. The fraction of sp³-hybridized carbons (Fsp3) is 0.417. The Balaban J connectivity index is 1.49. The van der Waals surface area contributed by atoms with E-state index in [9.17, 15) is 13.6 Å². The standard InChI is InChI=1S/C24H28F2N4O/c25-19-8-6-18(7-9-19)23(31)28-24(27-21-12-10-20(26)11-13-21)30-16-14-29(15-17-30)22-4-2-1-3-5-22/h6-13,22H,1-5,14-17H2,(H,27,28,31). The molecule has 0 radical (unpaired) electrons. The number of aliphatic imine (C=N–C) groups is 1. The molecule has 164 valence electrons. The molecule has 1 saturated heterocycles. The Kier molecular flexibility index (Phi) is 6.92. The van der Waals surface area contributed by atoms with Gasteiger partial charge in [-0.3, -0.25) is 15.0 Å². The number of hydrogen-bond donors (Lipinski definition) is 1. The molecule has 0 unspecified atom stereocenters. The third kappa shape index (κ3) is 5.67. The third-order valence-electron chi connectivity index (χ3n) is 6.10. The molecule has 2 aromatic rings. The van der Waals surface area contributed by atoms with Crippen molar-refractivity contribution in [3.8, 4) is 0 Å². The summed E-state index contributed by atoms with van der Waals surface area (Å²) in [5.41, 5.74) is 0.916. The Morgan fingerprint density at radius 1 is 0.839 bits per heavy atom. The predicted molar refractivity (Wildman–Crippen MR) is 117 cm³/mol. The lowest BCUT2D eigenvalue weighted by Crippen LogP contribution is -2.55. The number of nitrogens with zero attached hydrogens (tertiary/aromatic N) is 3. The zero-order chi connectivity index (χ0) is 21.6. The summed E-state index contributed by atoms with van der Waals surface area (Å²) in [6, 6.07) is 11.9. The van der Waals surface area contributed by atoms with Crippen molar-refractivity contribution in [2.24, 2.45) is 4.99 Å². The van der Waals surface area contributed by atoms with Crippen LogP contribution < -0.4 is 5.32 Å². The monoisotopic (exact) mass is 426 g/mol. The molecule has 0 aromatic heterocycles. The zero-order valence-corrected chi connectivity index (χ0v) is 17.6. The molecule has 2 fully saturated rings. The number of rotatable bonds is 3. The molecular weight excluding hydrogens is 398 g/mol. The highest BCUT2D eigenvalue weighted by molar-refractivity contribution is 6.06. The predicted octanol–water partition coefficient (Wildman–Crippen LogP) is 4.33. The van der Waals surface area contributed by atoms with E-state index in [1.807, 2.05) is 0 Å². The van der Waals surface area contributed by atoms with E-state index in [1.165, 1.54) is 68.5 Å². The van der Waals surface area contributed by atoms with Gasteiger partial charge in [0, 0.05) is 37.8 Å². The Morgan fingerprint density at radius 3 is 2.03 bits per heavy atom. The largest absolute Gasteiger partial charge is 0.340 e. The molecule has 0 spiro atoms. The van der Waals surface area contributed by atoms with Crippen LogP contribution in [-0.4, -0.2) is 53.9 Å². The summed E-state index contributed by atoms with van der Waals surface area (Å²) in [5.74, 6) is -0.646. The van der Waals surface area contributed by atoms with Crippen LogP contribution in [0.5, 0.6) is 0 Å². The van der Waals surface area contributed by atoms with E-state index in [4.69, 9.17) is 0 Å². The van der Waals surface area contributed by atoms with Gasteiger partial charge in [0.15, 0.2) is 0 Å². The molecule has 2 aliphatic rings. The maximum absolute atomic E-state index is 13.3. The highest BCUT2D eigenvalue weighted by Gasteiger charge is 2.27. The van der Waals surface area contributed by atoms with Crippen LogP contribution in [0.4, 0.5) is 14.5 Å². The molecule has 1 heterocycles. The Morgan fingerprint density at radius 2 is 1.42 bits per heavy atom. The molecule has 2 aromatic carbocycles. The van der Waals surface area contributed by atoms with Gasteiger partial charge in [0.05, 0.1) is 5.69 Å². The van der Waals surface area contributed by atoms with Gasteiger partial charge in [-0.1, -0.05) is 19.3 Å². The minimum atomic E-state index is -0.393. The molecule has 5 nitrogen and oxygen atoms in total. The minimum Gasteiger partial charge on any atom is -0.340 e. The molecule has 0 atom stereocenters. The van der Waals surface area contributed by atoms with Gasteiger partial charge in [-0.15, -0.1) is 0 Å². The van der Waals surface area contributed by atoms with E-state index in [-0.39, 0.29) is 11.7 Å². The summed E-state index contributed by atoms with van der Waals surface area (Å²) in [6.45, 7) is 3.33. The van der Waals surface area contributed by atoms with Crippen molar-refractivity contribution in [3.05, 3.63) is 65.7 Å². The van der Waals surface area contributed by atoms with Gasteiger partial charge in [-0.25, -0.2) is 13.8 Å². The normalized spacial score (nSPS) is 18.8. The molecule has 4 rings (SSSR count). The summed E-state index contributed by atoms with van der Waals surface area (Å²) < 4.78 is 26.5. The maximum Gasteiger partial charge on any atom is 0.257 e. The number of hydrogen-bond acceptors (Lipinski definition) is 3. The number of guanidine groups is 1. The summed E-state index contributed by atoms with van der Waals surface area (Å²) in [4.78, 5) is 22.0. The first-order valence-electron chi connectivity index (χ1n) is 11.0. The van der Waals surface area contributed by atoms with Crippen molar-refractivity contribution in [1.29, 1.82) is 0 Å². The topological polar surface area (TPSA) is 47.9 Å². The van der Waals surface area contributed by atoms with Crippen molar-refractivity contribution >= 4 is 17.6 Å². The van der Waals surface area contributed by atoms with Crippen molar-refractivity contribution in [1.82, 2.24) is 15.1 Å². The van der Waals surface area contributed by atoms with Crippen LogP contribution >= 0.6 is 0 Å². The van der Waals surface area contributed by atoms with E-state index in [0.29, 0.717) is 23.3 Å². The average molecular weight is 427 g/mol. The zero-order valence-electron chi connectivity index (χ0n) is 17.6. The van der Waals surface area contributed by atoms with Gasteiger partial charge in [0.2, 0.25) is 5.96 Å². The molecular formula is C24H28F2N4O. The number of nitrogens with one attached hydrogen (secondary N) is 1. The Bertz CT molecular complexity index is 900. The van der Waals surface area contributed by atoms with E-state index in [1.54, 1.807) is 12.1 Å². The van der Waals surface area contributed by atoms with Crippen molar-refractivity contribution < 1.29 is 13.6 Å². The lowest BCUT2D eigenvalue weighted by atomic mass is 9.94. The maximum atomic E-state index is 13.3. The highest BCUT2D eigenvalue weighted by atomic mass is 19.1. The van der Waals surface area contributed by atoms with Crippen LogP contribution in [-0.2, 0) is 0 Å². The second-order valence-electron chi connectivity index (χ2n) is 8.19. The lowest BCUT2D eigenvalue weighted by molar-refractivity contribution is 0.0943. The number of carbonyl (C=O) groups excluding carboxylic acids is 1. The van der Waals surface area contributed by atoms with Crippen LogP contribution in [0.25, 0.3) is 0 Å². The SMILES string of the molecule is O=C(NC(=Nc1ccc(F)cc1)N1CCN(C2CCCCC2)CC1)c1ccc(F)cc1. The van der Waals surface area contributed by atoms with Crippen LogP contribution in [0, 0.1) is 11.6 Å². The number of halogens is 2. The Hall–Kier alpha value is -2.80. The number of piperazine rings is 1. The van der Waals surface area contributed by atoms with E-state index >= 15 is 0 Å². The molecule has 1 saturated carbocycles. The van der Waals surface area contributed by atoms with Gasteiger partial charge in [-0.2, -0.15) is 0 Å².